The topological polar surface area (TPSA) is 73.9 Å². The number of nitrogens with zero attached hydrogens (tertiary/aromatic N) is 1. The van der Waals surface area contributed by atoms with Crippen molar-refractivity contribution in [3.63, 3.8) is 0 Å². The van der Waals surface area contributed by atoms with Crippen LogP contribution < -0.4 is 0 Å². The summed E-state index contributed by atoms with van der Waals surface area (Å²) in [6, 6.07) is 1.52. The Morgan fingerprint density at radius 1 is 1.80 bits per heavy atom. The Bertz CT molecular complexity index is 220. The first-order valence-electron chi connectivity index (χ1n) is 2.48. The summed E-state index contributed by atoms with van der Waals surface area (Å²) in [5.41, 5.74) is -0.304. The van der Waals surface area contributed by atoms with E-state index in [-0.39, 0.29) is 12.2 Å². The third-order valence-corrected chi connectivity index (χ3v) is 0.791. The molecule has 0 atom stereocenters. The monoisotopic (exact) mass is 138 g/mol. The van der Waals surface area contributed by atoms with Crippen LogP contribution in [0.25, 0.3) is 0 Å². The highest BCUT2D eigenvalue weighted by molar-refractivity contribution is 6.06. The SMILES string of the molecule is COCC(=O)C(=C=N)C#N. The van der Waals surface area contributed by atoms with Gasteiger partial charge >= 0.3 is 0 Å². The Hall–Kier alpha value is -1.43. The van der Waals surface area contributed by atoms with E-state index in [4.69, 9.17) is 10.7 Å². The maximum atomic E-state index is 10.6. The highest BCUT2D eigenvalue weighted by Crippen LogP contribution is 1.87. The molecule has 4 heteroatoms. The van der Waals surface area contributed by atoms with Gasteiger partial charge in [-0.15, -0.1) is 0 Å². The van der Waals surface area contributed by atoms with Gasteiger partial charge in [-0.2, -0.15) is 5.26 Å². The predicted molar refractivity (Wildman–Crippen MR) is 33.7 cm³/mol. The third kappa shape index (κ3) is 2.23. The van der Waals surface area contributed by atoms with Gasteiger partial charge in [-0.25, -0.2) is 0 Å². The highest BCUT2D eigenvalue weighted by Gasteiger charge is 2.06. The molecule has 0 amide bonds. The first-order chi connectivity index (χ1) is 4.76. The molecule has 0 bridgehead atoms. The number of carbonyl (C=O) groups is 1. The van der Waals surface area contributed by atoms with Crippen LogP contribution in [0.5, 0.6) is 0 Å². The third-order valence-electron chi connectivity index (χ3n) is 0.791. The molecular formula is C6H6N2O2. The molecule has 0 saturated carbocycles. The number of carbonyl (C=O) groups excluding carboxylic acids is 1. The van der Waals surface area contributed by atoms with E-state index in [9.17, 15) is 4.79 Å². The molecule has 0 rings (SSSR count). The summed E-state index contributed by atoms with van der Waals surface area (Å²) in [6.07, 6.45) is 0. The number of ether oxygens (including phenoxy) is 1. The number of rotatable bonds is 3. The number of nitriles is 1. The van der Waals surface area contributed by atoms with Crippen molar-refractivity contribution < 1.29 is 9.53 Å². The second-order valence-corrected chi connectivity index (χ2v) is 1.47. The second kappa shape index (κ2) is 4.45. The van der Waals surface area contributed by atoms with Crippen molar-refractivity contribution in [3.05, 3.63) is 5.57 Å². The molecule has 0 spiro atoms. The van der Waals surface area contributed by atoms with Gasteiger partial charge in [0.25, 0.3) is 0 Å². The molecule has 0 aliphatic rings. The molecule has 0 aliphatic heterocycles. The van der Waals surface area contributed by atoms with Crippen LogP contribution in [0.3, 0.4) is 0 Å². The number of methoxy groups -OCH3 is 1. The zero-order chi connectivity index (χ0) is 7.98. The van der Waals surface area contributed by atoms with E-state index in [0.29, 0.717) is 0 Å². The lowest BCUT2D eigenvalue weighted by Crippen LogP contribution is -2.08. The Morgan fingerprint density at radius 2 is 2.40 bits per heavy atom. The van der Waals surface area contributed by atoms with E-state index in [1.54, 1.807) is 5.87 Å². The summed E-state index contributed by atoms with van der Waals surface area (Å²) in [7, 11) is 1.34. The largest absolute Gasteiger partial charge is 0.376 e. The maximum Gasteiger partial charge on any atom is 0.208 e. The number of hydrogen-bond donors (Lipinski definition) is 1. The number of nitrogens with one attached hydrogen (secondary N) is 1. The van der Waals surface area contributed by atoms with E-state index >= 15 is 0 Å². The molecule has 0 aromatic rings. The maximum absolute atomic E-state index is 10.6. The van der Waals surface area contributed by atoms with Gasteiger partial charge in [-0.1, -0.05) is 0 Å². The van der Waals surface area contributed by atoms with Crippen molar-refractivity contribution >= 4 is 11.7 Å². The van der Waals surface area contributed by atoms with Gasteiger partial charge in [0.2, 0.25) is 5.78 Å². The van der Waals surface area contributed by atoms with Gasteiger partial charge in [0.1, 0.15) is 12.7 Å². The van der Waals surface area contributed by atoms with Crippen molar-refractivity contribution in [3.8, 4) is 6.07 Å². The molecule has 0 fully saturated rings. The van der Waals surface area contributed by atoms with Gasteiger partial charge in [-0.3, -0.25) is 10.2 Å². The van der Waals surface area contributed by atoms with Crippen molar-refractivity contribution in [2.75, 3.05) is 13.7 Å². The summed E-state index contributed by atoms with van der Waals surface area (Å²) >= 11 is 0. The summed E-state index contributed by atoms with van der Waals surface area (Å²) < 4.78 is 4.44. The van der Waals surface area contributed by atoms with Crippen molar-refractivity contribution in [1.29, 1.82) is 10.7 Å². The van der Waals surface area contributed by atoms with Crippen LogP contribution in [-0.4, -0.2) is 25.4 Å². The van der Waals surface area contributed by atoms with E-state index in [1.807, 2.05) is 0 Å². The zero-order valence-corrected chi connectivity index (χ0v) is 5.47. The number of ketones is 1. The lowest BCUT2D eigenvalue weighted by Gasteiger charge is -1.90. The Labute approximate surface area is 58.2 Å². The molecule has 52 valence electrons. The molecule has 0 aromatic heterocycles. The summed E-state index contributed by atoms with van der Waals surface area (Å²) in [5, 5.41) is 14.7. The Kier molecular flexibility index (Phi) is 3.81. The van der Waals surface area contributed by atoms with Crippen molar-refractivity contribution in [2.24, 2.45) is 0 Å². The Morgan fingerprint density at radius 3 is 2.70 bits per heavy atom. The first kappa shape index (κ1) is 8.57. The molecule has 0 saturated heterocycles. The molecule has 10 heavy (non-hydrogen) atoms. The van der Waals surface area contributed by atoms with Gasteiger partial charge in [0.15, 0.2) is 5.57 Å². The minimum Gasteiger partial charge on any atom is -0.376 e. The summed E-state index contributed by atoms with van der Waals surface area (Å²) in [4.78, 5) is 10.6. The smallest absolute Gasteiger partial charge is 0.208 e. The first-order valence-corrected chi connectivity index (χ1v) is 2.48. The molecule has 1 N–H and O–H groups in total. The van der Waals surface area contributed by atoms with E-state index in [2.05, 4.69) is 4.74 Å². The van der Waals surface area contributed by atoms with Crippen LogP contribution in [0, 0.1) is 16.7 Å². The molecular weight excluding hydrogens is 132 g/mol. The van der Waals surface area contributed by atoms with Gasteiger partial charge < -0.3 is 4.74 Å². The number of hydrogen-bond acceptors (Lipinski definition) is 4. The number of Topliss-reactive ketones (excluding diaryl/α,β-unsaturated/α-hetero) is 1. The average Bonchev–Trinajstić information content (AvgIpc) is 1.91. The lowest BCUT2D eigenvalue weighted by molar-refractivity contribution is -0.118. The fraction of sp³-hybridized carbons (Fsp3) is 0.333. The standard InChI is InChI=1S/C6H6N2O2/c1-10-4-6(9)5(2-7)3-8/h7H,4H2,1H3. The fourth-order valence-electron chi connectivity index (χ4n) is 0.363. The highest BCUT2D eigenvalue weighted by atomic mass is 16.5. The molecule has 0 unspecified atom stereocenters. The van der Waals surface area contributed by atoms with E-state index in [1.165, 1.54) is 13.2 Å². The molecule has 0 aromatic carbocycles. The molecule has 0 aliphatic carbocycles. The van der Waals surface area contributed by atoms with Crippen LogP contribution in [0.4, 0.5) is 0 Å². The predicted octanol–water partition coefficient (Wildman–Crippen LogP) is -0.0996. The van der Waals surface area contributed by atoms with Crippen molar-refractivity contribution in [1.82, 2.24) is 0 Å². The second-order valence-electron chi connectivity index (χ2n) is 1.47. The van der Waals surface area contributed by atoms with Gasteiger partial charge in [0.05, 0.1) is 0 Å². The lowest BCUT2D eigenvalue weighted by atomic mass is 10.2. The summed E-state index contributed by atoms with van der Waals surface area (Å²) in [6.45, 7) is -0.172. The van der Waals surface area contributed by atoms with Crippen LogP contribution in [-0.2, 0) is 9.53 Å². The molecule has 0 heterocycles. The summed E-state index contributed by atoms with van der Waals surface area (Å²) in [5.74, 6) is 1.20. The minimum absolute atomic E-state index is 0.172. The van der Waals surface area contributed by atoms with Crippen LogP contribution >= 0.6 is 0 Å². The quantitative estimate of drug-likeness (QED) is 0.336. The van der Waals surface area contributed by atoms with E-state index < -0.39 is 5.78 Å². The normalized spacial score (nSPS) is 7.60. The van der Waals surface area contributed by atoms with Crippen LogP contribution in [0.1, 0.15) is 0 Å². The average molecular weight is 138 g/mol. The molecule has 4 nitrogen and oxygen atoms in total. The van der Waals surface area contributed by atoms with Crippen LogP contribution in [0.2, 0.25) is 0 Å². The van der Waals surface area contributed by atoms with Gasteiger partial charge in [0, 0.05) is 13.0 Å². The van der Waals surface area contributed by atoms with E-state index in [0.717, 1.165) is 0 Å². The Balaban J connectivity index is 4.23. The molecule has 0 radical (unpaired) electrons. The minimum atomic E-state index is -0.514. The van der Waals surface area contributed by atoms with Crippen molar-refractivity contribution in [2.45, 2.75) is 0 Å². The zero-order valence-electron chi connectivity index (χ0n) is 5.47. The van der Waals surface area contributed by atoms with Gasteiger partial charge in [-0.05, 0) is 0 Å². The fourth-order valence-corrected chi connectivity index (χ4v) is 0.363. The van der Waals surface area contributed by atoms with Crippen LogP contribution in [0.15, 0.2) is 5.57 Å².